The van der Waals surface area contributed by atoms with Gasteiger partial charge in [-0.15, -0.1) is 0 Å². The summed E-state index contributed by atoms with van der Waals surface area (Å²) in [5.41, 5.74) is 7.13. The van der Waals surface area contributed by atoms with Gasteiger partial charge in [0.1, 0.15) is 0 Å². The zero-order valence-corrected chi connectivity index (χ0v) is 11.5. The zero-order valence-electron chi connectivity index (χ0n) is 11.5. The highest BCUT2D eigenvalue weighted by atomic mass is 16.2. The van der Waals surface area contributed by atoms with Gasteiger partial charge < -0.3 is 10.6 Å². The fourth-order valence-corrected chi connectivity index (χ4v) is 2.35. The fourth-order valence-electron chi connectivity index (χ4n) is 2.35. The molecule has 104 valence electrons. The topological polar surface area (TPSA) is 62.5 Å². The molecule has 2 rings (SSSR count). The van der Waals surface area contributed by atoms with Crippen molar-refractivity contribution in [3.63, 3.8) is 0 Å². The molecule has 1 saturated heterocycles. The Balaban J connectivity index is 1.89. The average Bonchev–Trinajstić information content (AvgIpc) is 2.45. The van der Waals surface area contributed by atoms with E-state index in [2.05, 4.69) is 9.88 Å². The number of nitrogens with zero attached hydrogens (tertiary/aromatic N) is 3. The van der Waals surface area contributed by atoms with Crippen molar-refractivity contribution in [1.82, 2.24) is 14.8 Å². The van der Waals surface area contributed by atoms with Crippen LogP contribution in [0, 0.1) is 6.92 Å². The number of piperazine rings is 1. The van der Waals surface area contributed by atoms with Gasteiger partial charge in [0.05, 0.1) is 0 Å². The van der Waals surface area contributed by atoms with E-state index in [1.54, 1.807) is 12.3 Å². The van der Waals surface area contributed by atoms with E-state index in [1.165, 1.54) is 0 Å². The molecule has 0 aliphatic carbocycles. The smallest absolute Gasteiger partial charge is 0.254 e. The molecule has 0 unspecified atom stereocenters. The number of aromatic nitrogens is 1. The average molecular weight is 262 g/mol. The maximum Gasteiger partial charge on any atom is 0.254 e. The lowest BCUT2D eigenvalue weighted by atomic mass is 10.2. The van der Waals surface area contributed by atoms with Gasteiger partial charge in [0, 0.05) is 43.6 Å². The highest BCUT2D eigenvalue weighted by molar-refractivity contribution is 5.94. The lowest BCUT2D eigenvalue weighted by Crippen LogP contribution is -2.49. The van der Waals surface area contributed by atoms with Crippen LogP contribution in [0.2, 0.25) is 0 Å². The van der Waals surface area contributed by atoms with Crippen molar-refractivity contribution in [2.24, 2.45) is 5.73 Å². The number of rotatable bonds is 4. The van der Waals surface area contributed by atoms with Crippen molar-refractivity contribution in [3.05, 3.63) is 29.6 Å². The molecular formula is C14H22N4O. The Morgan fingerprint density at radius 2 is 2.11 bits per heavy atom. The van der Waals surface area contributed by atoms with Crippen LogP contribution in [-0.2, 0) is 0 Å². The van der Waals surface area contributed by atoms with Crippen LogP contribution >= 0.6 is 0 Å². The molecule has 1 aliphatic heterocycles. The van der Waals surface area contributed by atoms with Crippen molar-refractivity contribution in [1.29, 1.82) is 0 Å². The third-order valence-corrected chi connectivity index (χ3v) is 3.48. The SMILES string of the molecule is Cc1cc(C(=O)N2CCN(CCCN)CC2)ccn1. The molecule has 2 N–H and O–H groups in total. The second-order valence-corrected chi connectivity index (χ2v) is 4.96. The number of pyridine rings is 1. The van der Waals surface area contributed by atoms with E-state index in [-0.39, 0.29) is 5.91 Å². The number of hydrogen-bond acceptors (Lipinski definition) is 4. The first-order valence-corrected chi connectivity index (χ1v) is 6.85. The first-order valence-electron chi connectivity index (χ1n) is 6.85. The van der Waals surface area contributed by atoms with Crippen LogP contribution in [0.15, 0.2) is 18.3 Å². The Morgan fingerprint density at radius 1 is 1.37 bits per heavy atom. The quantitative estimate of drug-likeness (QED) is 0.858. The lowest BCUT2D eigenvalue weighted by Gasteiger charge is -2.34. The third-order valence-electron chi connectivity index (χ3n) is 3.48. The largest absolute Gasteiger partial charge is 0.336 e. The highest BCUT2D eigenvalue weighted by Crippen LogP contribution is 2.09. The zero-order chi connectivity index (χ0) is 13.7. The van der Waals surface area contributed by atoms with Crippen molar-refractivity contribution in [2.45, 2.75) is 13.3 Å². The van der Waals surface area contributed by atoms with E-state index in [9.17, 15) is 4.79 Å². The van der Waals surface area contributed by atoms with E-state index in [0.717, 1.165) is 56.9 Å². The second kappa shape index (κ2) is 6.63. The first kappa shape index (κ1) is 14.0. The monoisotopic (exact) mass is 262 g/mol. The molecule has 5 heteroatoms. The van der Waals surface area contributed by atoms with Gasteiger partial charge in [0.2, 0.25) is 0 Å². The number of nitrogens with two attached hydrogens (primary N) is 1. The Morgan fingerprint density at radius 3 is 2.74 bits per heavy atom. The number of aryl methyl sites for hydroxylation is 1. The van der Waals surface area contributed by atoms with Gasteiger partial charge in [-0.3, -0.25) is 14.7 Å². The minimum absolute atomic E-state index is 0.115. The molecule has 0 spiro atoms. The molecule has 0 radical (unpaired) electrons. The molecule has 1 amide bonds. The Hall–Kier alpha value is -1.46. The van der Waals surface area contributed by atoms with E-state index in [4.69, 9.17) is 5.73 Å². The van der Waals surface area contributed by atoms with E-state index < -0.39 is 0 Å². The van der Waals surface area contributed by atoms with Crippen LogP contribution in [0.3, 0.4) is 0 Å². The molecule has 1 fully saturated rings. The summed E-state index contributed by atoms with van der Waals surface area (Å²) in [4.78, 5) is 20.7. The number of amides is 1. The van der Waals surface area contributed by atoms with Gasteiger partial charge >= 0.3 is 0 Å². The summed E-state index contributed by atoms with van der Waals surface area (Å²) in [6.07, 6.45) is 2.72. The molecule has 0 aromatic carbocycles. The van der Waals surface area contributed by atoms with Gasteiger partial charge in [0.25, 0.3) is 5.91 Å². The summed E-state index contributed by atoms with van der Waals surface area (Å²) in [6, 6.07) is 3.64. The fraction of sp³-hybridized carbons (Fsp3) is 0.571. The summed E-state index contributed by atoms with van der Waals surface area (Å²) in [5, 5.41) is 0. The van der Waals surface area contributed by atoms with Gasteiger partial charge in [-0.1, -0.05) is 0 Å². The van der Waals surface area contributed by atoms with Gasteiger partial charge in [0.15, 0.2) is 0 Å². The molecule has 0 saturated carbocycles. The Labute approximate surface area is 114 Å². The van der Waals surface area contributed by atoms with Gasteiger partial charge in [-0.2, -0.15) is 0 Å². The second-order valence-electron chi connectivity index (χ2n) is 4.96. The Bertz CT molecular complexity index is 427. The minimum atomic E-state index is 0.115. The molecule has 1 aromatic heterocycles. The van der Waals surface area contributed by atoms with E-state index in [1.807, 2.05) is 17.9 Å². The summed E-state index contributed by atoms with van der Waals surface area (Å²) < 4.78 is 0. The molecule has 0 atom stereocenters. The molecule has 19 heavy (non-hydrogen) atoms. The van der Waals surface area contributed by atoms with Crippen LogP contribution in [0.1, 0.15) is 22.5 Å². The summed E-state index contributed by atoms with van der Waals surface area (Å²) in [5.74, 6) is 0.115. The van der Waals surface area contributed by atoms with Crippen molar-refractivity contribution in [3.8, 4) is 0 Å². The van der Waals surface area contributed by atoms with Crippen LogP contribution < -0.4 is 5.73 Å². The van der Waals surface area contributed by atoms with Crippen molar-refractivity contribution >= 4 is 5.91 Å². The van der Waals surface area contributed by atoms with Gasteiger partial charge in [-0.05, 0) is 38.6 Å². The van der Waals surface area contributed by atoms with Crippen LogP contribution in [0.5, 0.6) is 0 Å². The summed E-state index contributed by atoms with van der Waals surface area (Å²) in [6.45, 7) is 7.14. The number of carbonyl (C=O) groups is 1. The molecular weight excluding hydrogens is 240 g/mol. The molecule has 5 nitrogen and oxygen atoms in total. The predicted octanol–water partition coefficient (Wildman–Crippen LogP) is 0.497. The summed E-state index contributed by atoms with van der Waals surface area (Å²) in [7, 11) is 0. The van der Waals surface area contributed by atoms with Crippen LogP contribution in [0.4, 0.5) is 0 Å². The van der Waals surface area contributed by atoms with Crippen molar-refractivity contribution < 1.29 is 4.79 Å². The van der Waals surface area contributed by atoms with Gasteiger partial charge in [-0.25, -0.2) is 0 Å². The normalized spacial score (nSPS) is 16.6. The first-order chi connectivity index (χ1) is 9.20. The highest BCUT2D eigenvalue weighted by Gasteiger charge is 2.21. The summed E-state index contributed by atoms with van der Waals surface area (Å²) >= 11 is 0. The van der Waals surface area contributed by atoms with Crippen LogP contribution in [-0.4, -0.2) is 60.0 Å². The molecule has 0 bridgehead atoms. The molecule has 2 heterocycles. The van der Waals surface area contributed by atoms with Crippen LogP contribution in [0.25, 0.3) is 0 Å². The molecule has 1 aromatic rings. The number of hydrogen-bond donors (Lipinski definition) is 1. The van der Waals surface area contributed by atoms with E-state index in [0.29, 0.717) is 0 Å². The Kier molecular flexibility index (Phi) is 4.87. The lowest BCUT2D eigenvalue weighted by molar-refractivity contribution is 0.0636. The van der Waals surface area contributed by atoms with E-state index >= 15 is 0 Å². The standard InChI is InChI=1S/C14H22N4O/c1-12-11-13(3-5-16-12)14(19)18-9-7-17(8-10-18)6-2-4-15/h3,5,11H,2,4,6-10,15H2,1H3. The predicted molar refractivity (Wildman–Crippen MR) is 75.0 cm³/mol. The molecule has 1 aliphatic rings. The van der Waals surface area contributed by atoms with Crippen molar-refractivity contribution in [2.75, 3.05) is 39.3 Å². The maximum atomic E-state index is 12.3. The number of carbonyl (C=O) groups excluding carboxylic acids is 1. The maximum absolute atomic E-state index is 12.3. The minimum Gasteiger partial charge on any atom is -0.336 e. The third kappa shape index (κ3) is 3.75.